The molecule has 1 fully saturated rings. The van der Waals surface area contributed by atoms with Crippen LogP contribution in [0, 0.1) is 0 Å². The maximum atomic E-state index is 12.4. The zero-order valence-electron chi connectivity index (χ0n) is 15.8. The van der Waals surface area contributed by atoms with Gasteiger partial charge in [-0.05, 0) is 43.2 Å². The fourth-order valence-corrected chi connectivity index (χ4v) is 3.75. The molecule has 1 aromatic carbocycles. The second kappa shape index (κ2) is 8.44. The molecule has 8 nitrogen and oxygen atoms in total. The Balaban J connectivity index is 1.42. The summed E-state index contributed by atoms with van der Waals surface area (Å²) in [5.41, 5.74) is 2.23. The minimum Gasteiger partial charge on any atom is -0.326 e. The lowest BCUT2D eigenvalue weighted by Gasteiger charge is -2.09. The van der Waals surface area contributed by atoms with E-state index in [1.165, 1.54) is 18.7 Å². The third-order valence-corrected chi connectivity index (χ3v) is 5.26. The monoisotopic (exact) mass is 408 g/mol. The van der Waals surface area contributed by atoms with Gasteiger partial charge < -0.3 is 10.6 Å². The smallest absolute Gasteiger partial charge is 0.234 e. The molecule has 0 spiro atoms. The van der Waals surface area contributed by atoms with E-state index >= 15 is 0 Å². The molecule has 0 radical (unpaired) electrons. The third-order valence-electron chi connectivity index (χ3n) is 4.31. The average Bonchev–Trinajstić information content (AvgIpc) is 3.45. The SMILES string of the molecule is CC(=O)Nc1cccc(NC(=O)CSc2nnc(-c3ccncc3)n2C2CC2)c1. The molecule has 0 aliphatic heterocycles. The van der Waals surface area contributed by atoms with Gasteiger partial charge in [0.15, 0.2) is 11.0 Å². The predicted octanol–water partition coefficient (Wildman–Crippen LogP) is 3.36. The van der Waals surface area contributed by atoms with E-state index in [1.807, 2.05) is 12.1 Å². The van der Waals surface area contributed by atoms with Crippen LogP contribution >= 0.6 is 11.8 Å². The molecule has 0 atom stereocenters. The van der Waals surface area contributed by atoms with E-state index in [0.29, 0.717) is 17.4 Å². The van der Waals surface area contributed by atoms with Crippen LogP contribution in [0.5, 0.6) is 0 Å². The van der Waals surface area contributed by atoms with E-state index in [1.54, 1.807) is 36.7 Å². The number of carbonyl (C=O) groups excluding carboxylic acids is 2. The highest BCUT2D eigenvalue weighted by molar-refractivity contribution is 7.99. The van der Waals surface area contributed by atoms with Gasteiger partial charge in [0.2, 0.25) is 11.8 Å². The second-order valence-corrected chi connectivity index (χ2v) is 7.68. The Bertz CT molecular complexity index is 1030. The summed E-state index contributed by atoms with van der Waals surface area (Å²) in [5, 5.41) is 14.9. The summed E-state index contributed by atoms with van der Waals surface area (Å²) < 4.78 is 2.12. The largest absolute Gasteiger partial charge is 0.326 e. The van der Waals surface area contributed by atoms with Gasteiger partial charge in [-0.1, -0.05) is 17.8 Å². The fraction of sp³-hybridized carbons (Fsp3) is 0.250. The van der Waals surface area contributed by atoms with Crippen LogP contribution in [0.15, 0.2) is 53.9 Å². The zero-order chi connectivity index (χ0) is 20.2. The standard InChI is InChI=1S/C20H20N6O2S/c1-13(27)22-15-3-2-4-16(11-15)23-18(28)12-29-20-25-24-19(26(20)17-5-6-17)14-7-9-21-10-8-14/h2-4,7-11,17H,5-6,12H2,1H3,(H,22,27)(H,23,28). The van der Waals surface area contributed by atoms with Crippen molar-refractivity contribution in [2.24, 2.45) is 0 Å². The van der Waals surface area contributed by atoms with Gasteiger partial charge in [0, 0.05) is 42.3 Å². The van der Waals surface area contributed by atoms with Gasteiger partial charge in [-0.15, -0.1) is 10.2 Å². The highest BCUT2D eigenvalue weighted by atomic mass is 32.2. The number of carbonyl (C=O) groups is 2. The molecule has 29 heavy (non-hydrogen) atoms. The molecule has 2 heterocycles. The highest BCUT2D eigenvalue weighted by Crippen LogP contribution is 2.40. The number of pyridine rings is 1. The first-order valence-electron chi connectivity index (χ1n) is 9.26. The molecule has 1 saturated carbocycles. The summed E-state index contributed by atoms with van der Waals surface area (Å²) in [4.78, 5) is 27.6. The first-order chi connectivity index (χ1) is 14.1. The molecule has 2 amide bonds. The minimum absolute atomic E-state index is 0.147. The van der Waals surface area contributed by atoms with Gasteiger partial charge in [0.25, 0.3) is 0 Å². The molecule has 1 aliphatic carbocycles. The van der Waals surface area contributed by atoms with Crippen LogP contribution in [0.1, 0.15) is 25.8 Å². The van der Waals surface area contributed by atoms with Gasteiger partial charge >= 0.3 is 0 Å². The van der Waals surface area contributed by atoms with Crippen molar-refractivity contribution in [2.75, 3.05) is 16.4 Å². The quantitative estimate of drug-likeness (QED) is 0.581. The molecule has 0 unspecified atom stereocenters. The summed E-state index contributed by atoms with van der Waals surface area (Å²) in [6.07, 6.45) is 5.64. The normalized spacial score (nSPS) is 13.1. The topological polar surface area (TPSA) is 102 Å². The van der Waals surface area contributed by atoms with Crippen LogP contribution in [-0.2, 0) is 9.59 Å². The molecule has 148 valence electrons. The molecule has 9 heteroatoms. The molecular weight excluding hydrogens is 388 g/mol. The van der Waals surface area contributed by atoms with Gasteiger partial charge in [-0.3, -0.25) is 19.1 Å². The molecule has 4 rings (SSSR count). The number of anilines is 2. The molecular formula is C20H20N6O2S. The minimum atomic E-state index is -0.159. The van der Waals surface area contributed by atoms with Crippen molar-refractivity contribution < 1.29 is 9.59 Å². The summed E-state index contributed by atoms with van der Waals surface area (Å²) in [6.45, 7) is 1.44. The zero-order valence-corrected chi connectivity index (χ0v) is 16.6. The predicted molar refractivity (Wildman–Crippen MR) is 112 cm³/mol. The number of thioether (sulfide) groups is 1. The van der Waals surface area contributed by atoms with E-state index in [-0.39, 0.29) is 17.6 Å². The summed E-state index contributed by atoms with van der Waals surface area (Å²) in [7, 11) is 0. The van der Waals surface area contributed by atoms with E-state index in [2.05, 4.69) is 30.4 Å². The molecule has 0 bridgehead atoms. The third kappa shape index (κ3) is 4.80. The van der Waals surface area contributed by atoms with Crippen LogP contribution < -0.4 is 10.6 Å². The van der Waals surface area contributed by atoms with Crippen molar-refractivity contribution in [3.8, 4) is 11.4 Å². The van der Waals surface area contributed by atoms with Crippen molar-refractivity contribution in [1.29, 1.82) is 0 Å². The first kappa shape index (κ1) is 19.1. The summed E-state index contributed by atoms with van der Waals surface area (Å²) >= 11 is 1.37. The number of aromatic nitrogens is 4. The van der Waals surface area contributed by atoms with Crippen molar-refractivity contribution in [3.05, 3.63) is 48.8 Å². The van der Waals surface area contributed by atoms with E-state index in [9.17, 15) is 9.59 Å². The van der Waals surface area contributed by atoms with Crippen LogP contribution in [0.3, 0.4) is 0 Å². The van der Waals surface area contributed by atoms with Crippen molar-refractivity contribution in [3.63, 3.8) is 0 Å². The number of nitrogens with one attached hydrogen (secondary N) is 2. The molecule has 2 aromatic heterocycles. The number of rotatable bonds is 7. The van der Waals surface area contributed by atoms with E-state index in [4.69, 9.17) is 0 Å². The van der Waals surface area contributed by atoms with Crippen LogP contribution in [0.25, 0.3) is 11.4 Å². The molecule has 2 N–H and O–H groups in total. The molecule has 3 aromatic rings. The maximum absolute atomic E-state index is 12.4. The number of hydrogen-bond acceptors (Lipinski definition) is 6. The van der Waals surface area contributed by atoms with Crippen LogP contribution in [0.2, 0.25) is 0 Å². The van der Waals surface area contributed by atoms with Crippen LogP contribution in [-0.4, -0.2) is 37.3 Å². The van der Waals surface area contributed by atoms with Gasteiger partial charge in [-0.2, -0.15) is 0 Å². The Morgan fingerprint density at radius 1 is 1.10 bits per heavy atom. The lowest BCUT2D eigenvalue weighted by molar-refractivity contribution is -0.114. The van der Waals surface area contributed by atoms with Crippen molar-refractivity contribution in [2.45, 2.75) is 31.0 Å². The maximum Gasteiger partial charge on any atom is 0.234 e. The van der Waals surface area contributed by atoms with Gasteiger partial charge in [0.05, 0.1) is 5.75 Å². The first-order valence-corrected chi connectivity index (χ1v) is 10.2. The average molecular weight is 408 g/mol. The van der Waals surface area contributed by atoms with E-state index < -0.39 is 0 Å². The molecule has 0 saturated heterocycles. The number of nitrogens with zero attached hydrogens (tertiary/aromatic N) is 4. The number of benzene rings is 1. The number of hydrogen-bond donors (Lipinski definition) is 2. The van der Waals surface area contributed by atoms with Crippen molar-refractivity contribution in [1.82, 2.24) is 19.7 Å². The Labute approximate surface area is 172 Å². The van der Waals surface area contributed by atoms with E-state index in [0.717, 1.165) is 29.4 Å². The second-order valence-electron chi connectivity index (χ2n) is 6.74. The summed E-state index contributed by atoms with van der Waals surface area (Å²) in [5.74, 6) is 0.714. The summed E-state index contributed by atoms with van der Waals surface area (Å²) in [6, 6.07) is 11.2. The van der Waals surface area contributed by atoms with Gasteiger partial charge in [-0.25, -0.2) is 0 Å². The van der Waals surface area contributed by atoms with Crippen molar-refractivity contribution >= 4 is 35.0 Å². The Morgan fingerprint density at radius 3 is 2.52 bits per heavy atom. The number of amides is 2. The van der Waals surface area contributed by atoms with Crippen LogP contribution in [0.4, 0.5) is 11.4 Å². The lowest BCUT2D eigenvalue weighted by atomic mass is 10.2. The highest BCUT2D eigenvalue weighted by Gasteiger charge is 2.30. The Kier molecular flexibility index (Phi) is 5.57. The molecule has 1 aliphatic rings. The van der Waals surface area contributed by atoms with Gasteiger partial charge in [0.1, 0.15) is 0 Å². The Hall–Kier alpha value is -3.20. The lowest BCUT2D eigenvalue weighted by Crippen LogP contribution is -2.15. The fourth-order valence-electron chi connectivity index (χ4n) is 2.94. The Morgan fingerprint density at radius 2 is 1.83 bits per heavy atom.